The molecule has 1 nitrogen and oxygen atoms in total. The van der Waals surface area contributed by atoms with Crippen molar-refractivity contribution in [1.29, 1.82) is 0 Å². The highest BCUT2D eigenvalue weighted by Gasteiger charge is 2.22. The molecule has 0 fully saturated rings. The van der Waals surface area contributed by atoms with Crippen LogP contribution in [0.1, 0.15) is 79.1 Å². The predicted molar refractivity (Wildman–Crippen MR) is 146 cm³/mol. The van der Waals surface area contributed by atoms with E-state index in [4.69, 9.17) is 0 Å². The molecule has 33 heavy (non-hydrogen) atoms. The van der Waals surface area contributed by atoms with E-state index in [1.165, 1.54) is 37.8 Å². The standard InChI is InChI=1S/C30H45FNP/c1-5-8-12-26(7-3)14-10-15-27(13-9-6-2)23-29-17-18-30(25(4)22-29)32-24-28-16-11-20-33(31)21-19-28/h7,9-10,13,15-16,18-20,25,27,29,32H,5-6,8,12,14,17,21-24H2,1-4H3/b13-9?,15-10?,26-7-. The monoisotopic (exact) mass is 469 g/mol. The van der Waals surface area contributed by atoms with Gasteiger partial charge in [0.15, 0.2) is 0 Å². The largest absolute Gasteiger partial charge is 0.384 e. The summed E-state index contributed by atoms with van der Waals surface area (Å²) in [6.07, 6.45) is 28.3. The number of nitrogens with one attached hydrogen (secondary N) is 1. The third-order valence-corrected chi connectivity index (χ3v) is 7.60. The van der Waals surface area contributed by atoms with E-state index >= 15 is 0 Å². The number of hydrogen-bond acceptors (Lipinski definition) is 1. The van der Waals surface area contributed by atoms with Gasteiger partial charge in [-0.15, -0.1) is 5.73 Å². The number of allylic oxidation sites excluding steroid dienone is 9. The molecule has 0 spiro atoms. The molecule has 182 valence electrons. The maximum absolute atomic E-state index is 13.5. The minimum atomic E-state index is -1.51. The van der Waals surface area contributed by atoms with Crippen LogP contribution in [0.4, 0.5) is 4.20 Å². The second-order valence-corrected chi connectivity index (χ2v) is 10.9. The third-order valence-electron chi connectivity index (χ3n) is 6.64. The predicted octanol–water partition coefficient (Wildman–Crippen LogP) is 9.54. The number of hydrogen-bond donors (Lipinski definition) is 1. The average molecular weight is 470 g/mol. The highest BCUT2D eigenvalue weighted by molar-refractivity contribution is 7.55. The maximum Gasteiger partial charge on any atom is 0.117 e. The van der Waals surface area contributed by atoms with Gasteiger partial charge in [-0.3, -0.25) is 0 Å². The maximum atomic E-state index is 13.5. The van der Waals surface area contributed by atoms with Crippen molar-refractivity contribution in [3.05, 3.63) is 77.0 Å². The van der Waals surface area contributed by atoms with Crippen LogP contribution in [0.5, 0.6) is 0 Å². The van der Waals surface area contributed by atoms with E-state index in [0.717, 1.165) is 37.3 Å². The van der Waals surface area contributed by atoms with Crippen LogP contribution < -0.4 is 5.32 Å². The van der Waals surface area contributed by atoms with Crippen molar-refractivity contribution in [1.82, 2.24) is 5.32 Å². The molecule has 4 unspecified atom stereocenters. The van der Waals surface area contributed by atoms with Crippen molar-refractivity contribution >= 4 is 8.23 Å². The molecule has 1 aliphatic carbocycles. The Balaban J connectivity index is 1.89. The van der Waals surface area contributed by atoms with Gasteiger partial charge >= 0.3 is 0 Å². The molecule has 0 radical (unpaired) electrons. The van der Waals surface area contributed by atoms with Crippen LogP contribution in [0.15, 0.2) is 77.0 Å². The van der Waals surface area contributed by atoms with Gasteiger partial charge in [-0.2, -0.15) is 0 Å². The Morgan fingerprint density at radius 1 is 1.27 bits per heavy atom. The third kappa shape index (κ3) is 10.9. The fraction of sp³-hybridized carbons (Fsp3) is 0.567. The van der Waals surface area contributed by atoms with Crippen LogP contribution in [0, 0.1) is 17.8 Å². The zero-order chi connectivity index (χ0) is 23.9. The Bertz CT molecular complexity index is 794. The Morgan fingerprint density at radius 3 is 2.82 bits per heavy atom. The van der Waals surface area contributed by atoms with Gasteiger partial charge in [-0.1, -0.05) is 75.3 Å². The topological polar surface area (TPSA) is 12.0 Å². The molecular weight excluding hydrogens is 424 g/mol. The first kappa shape index (κ1) is 27.6. The Hall–Kier alpha value is -1.62. The van der Waals surface area contributed by atoms with Crippen molar-refractivity contribution in [2.45, 2.75) is 79.1 Å². The zero-order valence-electron chi connectivity index (χ0n) is 21.3. The van der Waals surface area contributed by atoms with Crippen LogP contribution in [0.25, 0.3) is 0 Å². The summed E-state index contributed by atoms with van der Waals surface area (Å²) in [6.45, 7) is 9.75. The minimum Gasteiger partial charge on any atom is -0.384 e. The van der Waals surface area contributed by atoms with E-state index in [1.54, 1.807) is 11.4 Å². The van der Waals surface area contributed by atoms with Crippen molar-refractivity contribution in [3.8, 4) is 0 Å². The fourth-order valence-electron chi connectivity index (χ4n) is 4.60. The van der Waals surface area contributed by atoms with Gasteiger partial charge in [0.05, 0.1) is 0 Å². The molecule has 2 rings (SSSR count). The van der Waals surface area contributed by atoms with Gasteiger partial charge in [0.1, 0.15) is 8.23 Å². The highest BCUT2D eigenvalue weighted by Crippen LogP contribution is 2.39. The lowest BCUT2D eigenvalue weighted by atomic mass is 9.80. The summed E-state index contributed by atoms with van der Waals surface area (Å²) >= 11 is 0. The average Bonchev–Trinajstić information content (AvgIpc) is 3.02. The minimum absolute atomic E-state index is 0.515. The molecule has 0 amide bonds. The molecule has 1 aliphatic heterocycles. The molecule has 0 aromatic carbocycles. The molecule has 1 heterocycles. The highest BCUT2D eigenvalue weighted by atomic mass is 31.2. The van der Waals surface area contributed by atoms with Gasteiger partial charge in [0.2, 0.25) is 0 Å². The van der Waals surface area contributed by atoms with Gasteiger partial charge in [-0.05, 0) is 81.3 Å². The summed E-state index contributed by atoms with van der Waals surface area (Å²) in [4.78, 5) is 0. The van der Waals surface area contributed by atoms with Gasteiger partial charge < -0.3 is 5.32 Å². The smallest absolute Gasteiger partial charge is 0.117 e. The van der Waals surface area contributed by atoms with E-state index in [-0.39, 0.29) is 0 Å². The van der Waals surface area contributed by atoms with Crippen LogP contribution >= 0.6 is 8.23 Å². The number of rotatable bonds is 13. The van der Waals surface area contributed by atoms with Gasteiger partial charge in [-0.25, -0.2) is 4.20 Å². The molecule has 0 saturated heterocycles. The Kier molecular flexibility index (Phi) is 13.5. The molecular formula is C30H45FNP. The Morgan fingerprint density at radius 2 is 2.09 bits per heavy atom. The Labute approximate surface area is 204 Å². The summed E-state index contributed by atoms with van der Waals surface area (Å²) in [5.41, 5.74) is 7.04. The lowest BCUT2D eigenvalue weighted by molar-refractivity contribution is 0.349. The summed E-state index contributed by atoms with van der Waals surface area (Å²) in [7, 11) is -1.51. The lowest BCUT2D eigenvalue weighted by Crippen LogP contribution is -2.26. The van der Waals surface area contributed by atoms with Crippen LogP contribution in [-0.4, -0.2) is 12.7 Å². The molecule has 0 aromatic heterocycles. The second-order valence-electron chi connectivity index (χ2n) is 9.47. The van der Waals surface area contributed by atoms with Gasteiger partial charge in [0, 0.05) is 24.2 Å². The molecule has 3 heteroatoms. The van der Waals surface area contributed by atoms with E-state index < -0.39 is 8.23 Å². The van der Waals surface area contributed by atoms with Crippen molar-refractivity contribution < 1.29 is 4.20 Å². The SMILES string of the molecule is C/C=C(\CC=CC(C=CCC)CC1CC=C(NCC2=CCP(F)C=C=C2)C(C)C1)CCCC. The summed E-state index contributed by atoms with van der Waals surface area (Å²) < 4.78 is 13.5. The number of halogens is 1. The van der Waals surface area contributed by atoms with Crippen molar-refractivity contribution in [2.24, 2.45) is 17.8 Å². The van der Waals surface area contributed by atoms with E-state index in [1.807, 2.05) is 12.2 Å². The zero-order valence-corrected chi connectivity index (χ0v) is 22.2. The molecule has 4 atom stereocenters. The summed E-state index contributed by atoms with van der Waals surface area (Å²) in [5, 5.41) is 3.62. The fourth-order valence-corrected chi connectivity index (χ4v) is 5.36. The summed E-state index contributed by atoms with van der Waals surface area (Å²) in [6, 6.07) is 0. The van der Waals surface area contributed by atoms with Crippen molar-refractivity contribution in [2.75, 3.05) is 12.7 Å². The molecule has 0 saturated carbocycles. The normalized spacial score (nSPS) is 24.8. The first-order valence-corrected chi connectivity index (χ1v) is 14.5. The first-order chi connectivity index (χ1) is 16.0. The second kappa shape index (κ2) is 16.1. The van der Waals surface area contributed by atoms with Gasteiger partial charge in [0.25, 0.3) is 0 Å². The van der Waals surface area contributed by atoms with Crippen molar-refractivity contribution in [3.63, 3.8) is 0 Å². The molecule has 2 aliphatic rings. The van der Waals surface area contributed by atoms with E-state index in [2.05, 4.69) is 75.2 Å². The van der Waals surface area contributed by atoms with Crippen LogP contribution in [0.3, 0.4) is 0 Å². The van der Waals surface area contributed by atoms with E-state index in [0.29, 0.717) is 18.0 Å². The van der Waals surface area contributed by atoms with E-state index in [9.17, 15) is 4.20 Å². The molecule has 0 bridgehead atoms. The van der Waals surface area contributed by atoms with Crippen LogP contribution in [-0.2, 0) is 0 Å². The first-order valence-electron chi connectivity index (χ1n) is 13.0. The quantitative estimate of drug-likeness (QED) is 0.161. The van der Waals surface area contributed by atoms with Crippen LogP contribution in [0.2, 0.25) is 0 Å². The number of unbranched alkanes of at least 4 members (excludes halogenated alkanes) is 1. The molecule has 0 aromatic rings. The summed E-state index contributed by atoms with van der Waals surface area (Å²) in [5.74, 6) is 3.36. The molecule has 1 N–H and O–H groups in total. The lowest BCUT2D eigenvalue weighted by Gasteiger charge is -2.30.